The summed E-state index contributed by atoms with van der Waals surface area (Å²) in [6, 6.07) is 7.36. The molecule has 1 aliphatic carbocycles. The number of ether oxygens (including phenoxy) is 1. The van der Waals surface area contributed by atoms with Crippen LogP contribution in [0.4, 0.5) is 42.0 Å². The SMILES string of the molecule is C[C@H]1CN(c2ncc(Cl)c(Nc3ccc4c(c3)c3c(c(=O)n4C)OCC(F)(F)[C@H](C4CC4)N3)n2)CCC1[I+]N1CCN(c2c(F)ccc3c(C4CCC(=O)NC4=O)nn(C)c23)CC1. The average Bonchev–Trinajstić information content (AvgIpc) is 4.06. The van der Waals surface area contributed by atoms with Gasteiger partial charge in [-0.2, -0.15) is 10.1 Å². The molecule has 0 radical (unpaired) electrons. The number of nitrogens with zero attached hydrogens (tertiary/aromatic N) is 8. The number of pyridine rings is 1. The number of nitrogens with one attached hydrogen (secondary N) is 3. The summed E-state index contributed by atoms with van der Waals surface area (Å²) in [5, 5.41) is 15.0. The van der Waals surface area contributed by atoms with E-state index in [1.165, 1.54) is 10.6 Å². The first-order valence-corrected chi connectivity index (χ1v) is 23.9. The number of carbonyl (C=O) groups is 2. The van der Waals surface area contributed by atoms with Gasteiger partial charge < -0.3 is 29.7 Å². The molecule has 332 valence electrons. The number of piperazine rings is 1. The summed E-state index contributed by atoms with van der Waals surface area (Å²) in [6.45, 7) is 5.89. The Hall–Kier alpha value is -4.89. The average molecular weight is 1000 g/mol. The molecule has 20 heteroatoms. The van der Waals surface area contributed by atoms with E-state index in [1.54, 1.807) is 49.2 Å². The Morgan fingerprint density at radius 1 is 0.984 bits per heavy atom. The lowest BCUT2D eigenvalue weighted by Crippen LogP contribution is -3.70. The van der Waals surface area contributed by atoms with Crippen LogP contribution in [0.3, 0.4) is 0 Å². The molecular weight excluding hydrogens is 954 g/mol. The summed E-state index contributed by atoms with van der Waals surface area (Å²) in [5.74, 6) is -3.68. The van der Waals surface area contributed by atoms with Crippen molar-refractivity contribution in [2.45, 2.75) is 60.8 Å². The van der Waals surface area contributed by atoms with Gasteiger partial charge in [-0.25, -0.2) is 18.2 Å². The molecule has 5 aromatic rings. The fourth-order valence-electron chi connectivity index (χ4n) is 9.51. The van der Waals surface area contributed by atoms with E-state index in [-0.39, 0.29) is 62.9 Å². The molecule has 0 spiro atoms. The second kappa shape index (κ2) is 16.3. The predicted molar refractivity (Wildman–Crippen MR) is 229 cm³/mol. The number of fused-ring (bicyclic) bond motifs is 4. The van der Waals surface area contributed by atoms with Crippen molar-refractivity contribution in [2.75, 3.05) is 66.3 Å². The van der Waals surface area contributed by atoms with Crippen molar-refractivity contribution >= 4 is 74.0 Å². The molecule has 10 rings (SSSR count). The molecule has 0 bridgehead atoms. The number of alkyl halides is 3. The Bertz CT molecular complexity index is 2720. The zero-order chi connectivity index (χ0) is 43.9. The zero-order valence-corrected chi connectivity index (χ0v) is 37.9. The summed E-state index contributed by atoms with van der Waals surface area (Å²) in [6.07, 6.45) is 4.55. The highest BCUT2D eigenvalue weighted by atomic mass is 127. The third-order valence-electron chi connectivity index (χ3n) is 13.0. The minimum atomic E-state index is -3.14. The Morgan fingerprint density at radius 2 is 1.78 bits per heavy atom. The number of hydrogen-bond acceptors (Lipinski definition) is 12. The highest BCUT2D eigenvalue weighted by molar-refractivity contribution is 6.33. The normalized spacial score (nSPS) is 24.2. The fourth-order valence-corrected chi connectivity index (χ4v) is 13.0. The van der Waals surface area contributed by atoms with Crippen molar-refractivity contribution in [1.82, 2.24) is 32.7 Å². The molecule has 63 heavy (non-hydrogen) atoms. The smallest absolute Gasteiger partial charge is 0.391 e. The number of halogens is 5. The quantitative estimate of drug-likeness (QED) is 0.0907. The zero-order valence-electron chi connectivity index (χ0n) is 34.9. The highest BCUT2D eigenvalue weighted by Gasteiger charge is 2.51. The van der Waals surface area contributed by atoms with Crippen molar-refractivity contribution in [1.29, 1.82) is 0 Å². The van der Waals surface area contributed by atoms with Gasteiger partial charge in [0.2, 0.25) is 23.5 Å². The van der Waals surface area contributed by atoms with Gasteiger partial charge in [0, 0.05) is 75.5 Å². The lowest BCUT2D eigenvalue weighted by molar-refractivity contribution is -0.835. The summed E-state index contributed by atoms with van der Waals surface area (Å²) < 4.78 is 57.7. The van der Waals surface area contributed by atoms with E-state index in [4.69, 9.17) is 21.3 Å². The van der Waals surface area contributed by atoms with E-state index in [9.17, 15) is 14.4 Å². The van der Waals surface area contributed by atoms with E-state index < -0.39 is 30.0 Å². The predicted octanol–water partition coefficient (Wildman–Crippen LogP) is 2.53. The standard InChI is InChI=1S/C43H46ClF3IN11O4/c1-22-20-58(13-12-30(22)48-59-16-14-57(15-17-59)36-29(45)9-7-25-33(54-56(3)35(25)36)26-8-11-32(60)51-40(26)61)42-49-19-28(44)39(53-42)50-24-6-10-31-27(18-24)34-37(41(62)55(31)2)63-21-43(46,47)38(52-34)23-4-5-23/h6-7,9-10,18-19,22-23,26,30,38H,4-5,8,11-17,20-21H2,1-3H3,(H2-,49,50,51,52,53,60,61,62)/p+1/t22-,26?,30?,38-/m0/s1. The first-order valence-electron chi connectivity index (χ1n) is 21.3. The van der Waals surface area contributed by atoms with Crippen molar-refractivity contribution in [3.8, 4) is 5.75 Å². The second-order valence-corrected chi connectivity index (χ2v) is 21.3. The molecule has 1 saturated carbocycles. The van der Waals surface area contributed by atoms with Crippen molar-refractivity contribution in [3.63, 3.8) is 0 Å². The van der Waals surface area contributed by atoms with Gasteiger partial charge in [-0.3, -0.25) is 24.4 Å². The van der Waals surface area contributed by atoms with Crippen molar-refractivity contribution in [2.24, 2.45) is 25.9 Å². The van der Waals surface area contributed by atoms with Gasteiger partial charge in [0.05, 0.1) is 59.3 Å². The minimum Gasteiger partial charge on any atom is -0.480 e. The third kappa shape index (κ3) is 7.80. The van der Waals surface area contributed by atoms with Gasteiger partial charge in [0.1, 0.15) is 10.8 Å². The summed E-state index contributed by atoms with van der Waals surface area (Å²) in [4.78, 5) is 51.5. The monoisotopic (exact) mass is 1000 g/mol. The van der Waals surface area contributed by atoms with Crippen LogP contribution >= 0.6 is 11.6 Å². The van der Waals surface area contributed by atoms with E-state index in [0.717, 1.165) is 38.0 Å². The number of benzene rings is 2. The van der Waals surface area contributed by atoms with E-state index in [2.05, 4.69) is 45.9 Å². The number of anilines is 5. The fraction of sp³-hybridized carbons (Fsp3) is 0.488. The van der Waals surface area contributed by atoms with Gasteiger partial charge in [-0.1, -0.05) is 21.6 Å². The lowest BCUT2D eigenvalue weighted by atomic mass is 9.92. The van der Waals surface area contributed by atoms with Gasteiger partial charge in [0.15, 0.2) is 16.3 Å². The first kappa shape index (κ1) is 42.1. The molecule has 4 fully saturated rings. The van der Waals surface area contributed by atoms with Crippen LogP contribution in [-0.4, -0.2) is 101 Å². The van der Waals surface area contributed by atoms with Crippen LogP contribution in [0.2, 0.25) is 5.02 Å². The molecule has 2 unspecified atom stereocenters. The molecule has 2 amide bonds. The molecule has 5 aliphatic rings. The van der Waals surface area contributed by atoms with Crippen LogP contribution in [0.25, 0.3) is 21.8 Å². The van der Waals surface area contributed by atoms with Crippen LogP contribution in [0, 0.1) is 17.7 Å². The molecule has 3 saturated heterocycles. The lowest BCUT2D eigenvalue weighted by Gasteiger charge is -2.35. The third-order valence-corrected chi connectivity index (χ3v) is 17.6. The molecule has 3 aromatic heterocycles. The molecule has 4 atom stereocenters. The van der Waals surface area contributed by atoms with Gasteiger partial charge in [-0.05, 0) is 55.5 Å². The van der Waals surface area contributed by atoms with Crippen LogP contribution in [-0.2, 0) is 23.7 Å². The topological polar surface area (TPSA) is 155 Å². The number of imide groups is 1. The van der Waals surface area contributed by atoms with Crippen molar-refractivity contribution < 1.29 is 49.0 Å². The Kier molecular flexibility index (Phi) is 10.9. The molecule has 4 aliphatic heterocycles. The molecule has 2 aromatic carbocycles. The number of hydrogen-bond donors (Lipinski definition) is 3. The van der Waals surface area contributed by atoms with E-state index in [1.807, 2.05) is 0 Å². The first-order chi connectivity index (χ1) is 30.2. The molecule has 7 heterocycles. The molecule has 3 N–H and O–H groups in total. The highest BCUT2D eigenvalue weighted by Crippen LogP contribution is 2.46. The van der Waals surface area contributed by atoms with Gasteiger partial charge in [0.25, 0.3) is 5.56 Å². The van der Waals surface area contributed by atoms with Crippen molar-refractivity contribution in [3.05, 3.63) is 63.4 Å². The van der Waals surface area contributed by atoms with Crippen LogP contribution in [0.15, 0.2) is 41.3 Å². The van der Waals surface area contributed by atoms with Crippen LogP contribution in [0.5, 0.6) is 5.75 Å². The van der Waals surface area contributed by atoms with Gasteiger partial charge in [-0.15, -0.1) is 0 Å². The summed E-state index contributed by atoms with van der Waals surface area (Å²) in [7, 11) is 3.37. The van der Waals surface area contributed by atoms with E-state index in [0.29, 0.717) is 92.5 Å². The number of carbonyl (C=O) groups excluding carboxylic acids is 2. The van der Waals surface area contributed by atoms with E-state index >= 15 is 13.2 Å². The van der Waals surface area contributed by atoms with Gasteiger partial charge >= 0.3 is 27.4 Å². The molecule has 15 nitrogen and oxygen atoms in total. The Balaban J connectivity index is 0.797. The summed E-state index contributed by atoms with van der Waals surface area (Å²) >= 11 is 6.32. The van der Waals surface area contributed by atoms with Crippen LogP contribution in [0.1, 0.15) is 50.6 Å². The maximum atomic E-state index is 15.6. The summed E-state index contributed by atoms with van der Waals surface area (Å²) in [5.41, 5.74) is 2.67. The second-order valence-electron chi connectivity index (χ2n) is 17.3. The largest absolute Gasteiger partial charge is 0.480 e. The molecular formula is C43H47ClF3IN11O4+. The number of aromatic nitrogens is 5. The number of piperidine rings is 2. The minimum absolute atomic E-state index is 0.119. The Labute approximate surface area is 376 Å². The number of amides is 2. The number of rotatable bonds is 8. The Morgan fingerprint density at radius 3 is 2.52 bits per heavy atom. The number of aryl methyl sites for hydroxylation is 2. The maximum absolute atomic E-state index is 15.6. The van der Waals surface area contributed by atoms with Crippen LogP contribution < -0.4 is 57.5 Å². The maximum Gasteiger partial charge on any atom is 0.391 e.